The molecule has 1 fully saturated rings. The maximum atomic E-state index is 12.6. The molecule has 8 heteroatoms. The minimum absolute atomic E-state index is 0.0907. The van der Waals surface area contributed by atoms with E-state index in [1.165, 1.54) is 11.3 Å². The number of carbonyl (C=O) groups excluding carboxylic acids is 1. The lowest BCUT2D eigenvalue weighted by Crippen LogP contribution is -2.47. The zero-order chi connectivity index (χ0) is 18.8. The Kier molecular flexibility index (Phi) is 5.00. The Morgan fingerprint density at radius 1 is 1.15 bits per heavy atom. The number of fused-ring (bicyclic) bond motifs is 1. The normalized spacial score (nSPS) is 15.4. The fourth-order valence-electron chi connectivity index (χ4n) is 3.18. The van der Waals surface area contributed by atoms with Gasteiger partial charge in [0, 0.05) is 38.0 Å². The summed E-state index contributed by atoms with van der Waals surface area (Å²) in [6, 6.07) is 9.72. The molecule has 0 N–H and O–H groups in total. The number of carbonyl (C=O) groups is 1. The Balaban J connectivity index is 1.57. The minimum Gasteiger partial charge on any atom is -0.340 e. The molecule has 3 heterocycles. The second kappa shape index (κ2) is 7.58. The summed E-state index contributed by atoms with van der Waals surface area (Å²) in [6.07, 6.45) is 0.698. The Hall–Kier alpha value is -2.58. The summed E-state index contributed by atoms with van der Waals surface area (Å²) < 4.78 is 1.65. The lowest BCUT2D eigenvalue weighted by Gasteiger charge is -2.32. The van der Waals surface area contributed by atoms with Gasteiger partial charge in [0.05, 0.1) is 12.1 Å². The van der Waals surface area contributed by atoms with Gasteiger partial charge in [-0.2, -0.15) is 10.1 Å². The number of amides is 1. The van der Waals surface area contributed by atoms with Crippen LogP contribution in [0, 0.1) is 0 Å². The lowest BCUT2D eigenvalue weighted by molar-refractivity contribution is -0.132. The average Bonchev–Trinajstić information content (AvgIpc) is 3.05. The molecule has 1 saturated heterocycles. The Morgan fingerprint density at radius 3 is 2.63 bits per heavy atom. The predicted molar refractivity (Wildman–Crippen MR) is 104 cm³/mol. The largest absolute Gasteiger partial charge is 0.340 e. The molecule has 0 aliphatic carbocycles. The molecule has 1 aliphatic rings. The van der Waals surface area contributed by atoms with E-state index in [0.29, 0.717) is 17.1 Å². The van der Waals surface area contributed by atoms with Gasteiger partial charge in [0.1, 0.15) is 5.69 Å². The number of piperazine rings is 1. The zero-order valence-electron chi connectivity index (χ0n) is 15.2. The van der Waals surface area contributed by atoms with Crippen LogP contribution in [0.2, 0.25) is 0 Å². The molecule has 3 aromatic rings. The molecule has 2 aromatic heterocycles. The molecule has 1 amide bonds. The van der Waals surface area contributed by atoms with Gasteiger partial charge in [-0.15, -0.1) is 11.3 Å². The Labute approximate surface area is 160 Å². The third-order valence-corrected chi connectivity index (χ3v) is 5.69. The van der Waals surface area contributed by atoms with Crippen molar-refractivity contribution in [3.63, 3.8) is 0 Å². The molecule has 0 bridgehead atoms. The monoisotopic (exact) mass is 383 g/mol. The maximum absolute atomic E-state index is 12.6. The van der Waals surface area contributed by atoms with Gasteiger partial charge in [0.2, 0.25) is 10.9 Å². The summed E-state index contributed by atoms with van der Waals surface area (Å²) >= 11 is 1.34. The molecule has 0 spiro atoms. The van der Waals surface area contributed by atoms with Crippen LogP contribution in [-0.4, -0.2) is 63.5 Å². The van der Waals surface area contributed by atoms with Crippen molar-refractivity contribution in [1.29, 1.82) is 0 Å². The van der Waals surface area contributed by atoms with Crippen LogP contribution >= 0.6 is 11.3 Å². The molecule has 27 heavy (non-hydrogen) atoms. The molecule has 1 aromatic carbocycles. The van der Waals surface area contributed by atoms with Crippen LogP contribution in [-0.2, 0) is 17.6 Å². The predicted octanol–water partition coefficient (Wildman–Crippen LogP) is 1.06. The van der Waals surface area contributed by atoms with Gasteiger partial charge in [-0.1, -0.05) is 30.3 Å². The smallest absolute Gasteiger partial charge is 0.296 e. The van der Waals surface area contributed by atoms with E-state index in [4.69, 9.17) is 0 Å². The Morgan fingerprint density at radius 2 is 1.89 bits per heavy atom. The van der Waals surface area contributed by atoms with E-state index in [1.54, 1.807) is 4.52 Å². The maximum Gasteiger partial charge on any atom is 0.296 e. The number of hydrogen-bond donors (Lipinski definition) is 0. The highest BCUT2D eigenvalue weighted by Crippen LogP contribution is 2.15. The highest BCUT2D eigenvalue weighted by Gasteiger charge is 2.21. The number of nitrogens with zero attached hydrogens (tertiary/aromatic N) is 5. The summed E-state index contributed by atoms with van der Waals surface area (Å²) in [7, 11) is 2.06. The fourth-order valence-corrected chi connectivity index (χ4v) is 4.00. The molecule has 1 aliphatic heterocycles. The number of likely N-dealkylation sites (N-methyl/N-ethyl adjacent to an activating group) is 1. The molecule has 7 nitrogen and oxygen atoms in total. The van der Waals surface area contributed by atoms with Gasteiger partial charge in [-0.25, -0.2) is 4.52 Å². The number of rotatable bonds is 4. The minimum atomic E-state index is -0.308. The molecule has 0 atom stereocenters. The number of aromatic nitrogens is 3. The van der Waals surface area contributed by atoms with Crippen molar-refractivity contribution in [2.45, 2.75) is 12.8 Å². The standard InChI is InChI=1S/C19H21N5O2S/c1-22-7-9-23(10-8-22)17(25)12-15-13-27-19-20-18(26)16(21-24(15)19)11-14-5-3-2-4-6-14/h2-6,13H,7-12H2,1H3. The molecule has 0 radical (unpaired) electrons. The van der Waals surface area contributed by atoms with Crippen LogP contribution in [0.15, 0.2) is 40.5 Å². The van der Waals surface area contributed by atoms with Gasteiger partial charge in [-0.05, 0) is 12.6 Å². The van der Waals surface area contributed by atoms with Gasteiger partial charge >= 0.3 is 0 Å². The van der Waals surface area contributed by atoms with E-state index in [9.17, 15) is 9.59 Å². The summed E-state index contributed by atoms with van der Waals surface area (Å²) in [4.78, 5) is 33.7. The van der Waals surface area contributed by atoms with E-state index in [0.717, 1.165) is 37.4 Å². The average molecular weight is 383 g/mol. The molecular formula is C19H21N5O2S. The first-order chi connectivity index (χ1) is 13.1. The van der Waals surface area contributed by atoms with Crippen LogP contribution in [0.1, 0.15) is 17.0 Å². The third-order valence-electron chi connectivity index (χ3n) is 4.82. The van der Waals surface area contributed by atoms with E-state index >= 15 is 0 Å². The number of hydrogen-bond acceptors (Lipinski definition) is 6. The second-order valence-electron chi connectivity index (χ2n) is 6.81. The summed E-state index contributed by atoms with van der Waals surface area (Å²) in [5.74, 6) is 0.0907. The first-order valence-electron chi connectivity index (χ1n) is 8.97. The third kappa shape index (κ3) is 3.91. The zero-order valence-corrected chi connectivity index (χ0v) is 16.0. The van der Waals surface area contributed by atoms with Crippen molar-refractivity contribution in [2.24, 2.45) is 0 Å². The Bertz CT molecular complexity index is 1010. The van der Waals surface area contributed by atoms with Crippen molar-refractivity contribution in [1.82, 2.24) is 24.4 Å². The van der Waals surface area contributed by atoms with E-state index in [2.05, 4.69) is 22.0 Å². The van der Waals surface area contributed by atoms with Gasteiger partial charge in [-0.3, -0.25) is 9.59 Å². The van der Waals surface area contributed by atoms with E-state index < -0.39 is 0 Å². The lowest BCUT2D eigenvalue weighted by atomic mass is 10.1. The van der Waals surface area contributed by atoms with Gasteiger partial charge in [0.15, 0.2) is 0 Å². The van der Waals surface area contributed by atoms with Crippen molar-refractivity contribution in [2.75, 3.05) is 33.2 Å². The molecule has 0 unspecified atom stereocenters. The highest BCUT2D eigenvalue weighted by molar-refractivity contribution is 7.15. The van der Waals surface area contributed by atoms with Crippen molar-refractivity contribution < 1.29 is 4.79 Å². The van der Waals surface area contributed by atoms with Crippen LogP contribution in [0.5, 0.6) is 0 Å². The quantitative estimate of drug-likeness (QED) is 0.674. The molecular weight excluding hydrogens is 362 g/mol. The van der Waals surface area contributed by atoms with Crippen molar-refractivity contribution in [3.05, 3.63) is 63.0 Å². The van der Waals surface area contributed by atoms with Crippen LogP contribution in [0.4, 0.5) is 0 Å². The number of benzene rings is 1. The summed E-state index contributed by atoms with van der Waals surface area (Å²) in [5.41, 5.74) is 1.87. The summed E-state index contributed by atoms with van der Waals surface area (Å²) in [5, 5.41) is 6.38. The summed E-state index contributed by atoms with van der Waals surface area (Å²) in [6.45, 7) is 3.28. The van der Waals surface area contributed by atoms with Crippen LogP contribution < -0.4 is 5.56 Å². The van der Waals surface area contributed by atoms with Crippen molar-refractivity contribution in [3.8, 4) is 0 Å². The molecule has 0 saturated carbocycles. The van der Waals surface area contributed by atoms with Crippen LogP contribution in [0.3, 0.4) is 0 Å². The highest BCUT2D eigenvalue weighted by atomic mass is 32.1. The van der Waals surface area contributed by atoms with Gasteiger partial charge < -0.3 is 9.80 Å². The first-order valence-corrected chi connectivity index (χ1v) is 9.85. The van der Waals surface area contributed by atoms with Gasteiger partial charge in [0.25, 0.3) is 5.56 Å². The fraction of sp³-hybridized carbons (Fsp3) is 0.368. The van der Waals surface area contributed by atoms with Crippen molar-refractivity contribution >= 4 is 22.2 Å². The van der Waals surface area contributed by atoms with E-state index in [1.807, 2.05) is 40.6 Å². The molecule has 140 valence electrons. The second-order valence-corrected chi connectivity index (χ2v) is 7.64. The SMILES string of the molecule is CN1CCN(C(=O)Cc2csc3nc(=O)c(Cc4ccccc4)nn23)CC1. The molecule has 4 rings (SSSR count). The van der Waals surface area contributed by atoms with E-state index in [-0.39, 0.29) is 17.9 Å². The first kappa shape index (κ1) is 17.8. The number of thiazole rings is 1. The topological polar surface area (TPSA) is 70.8 Å². The van der Waals surface area contributed by atoms with Crippen LogP contribution in [0.25, 0.3) is 4.96 Å².